The van der Waals surface area contributed by atoms with Crippen LogP contribution < -0.4 is 16.2 Å². The number of nitrogens with one attached hydrogen (secondary N) is 2. The van der Waals surface area contributed by atoms with Gasteiger partial charge in [0.05, 0.1) is 23.8 Å². The lowest BCUT2D eigenvalue weighted by atomic mass is 9.43. The van der Waals surface area contributed by atoms with Crippen LogP contribution in [-0.2, 0) is 20.5 Å². The number of amides is 2. The summed E-state index contributed by atoms with van der Waals surface area (Å²) in [7, 11) is -0.568. The number of benzene rings is 1. The number of carbonyl (C=O) groups excluding carboxylic acids is 1. The summed E-state index contributed by atoms with van der Waals surface area (Å²) in [6.07, 6.45) is 5.53. The Morgan fingerprint density at radius 1 is 1.19 bits per heavy atom. The monoisotopic (exact) mass is 576 g/mol. The van der Waals surface area contributed by atoms with Crippen molar-refractivity contribution < 1.29 is 24.0 Å². The zero-order valence-corrected chi connectivity index (χ0v) is 24.8. The predicted molar refractivity (Wildman–Crippen MR) is 158 cm³/mol. The summed E-state index contributed by atoms with van der Waals surface area (Å²) in [6.45, 7) is 8.78. The lowest BCUT2D eigenvalue weighted by Crippen LogP contribution is -2.65. The third kappa shape index (κ3) is 4.84. The normalized spacial score (nSPS) is 31.0. The van der Waals surface area contributed by atoms with Crippen molar-refractivity contribution in [3.8, 4) is 0 Å². The van der Waals surface area contributed by atoms with Gasteiger partial charge >= 0.3 is 13.2 Å². The molecule has 0 spiro atoms. The second-order valence-electron chi connectivity index (χ2n) is 13.3. The first-order valence-corrected chi connectivity index (χ1v) is 15.3. The Kier molecular flexibility index (Phi) is 7.46. The molecular weight excluding hydrogens is 535 g/mol. The standard InChI is InChI=1S/C31H41BN4O6/c1-5-25(32-41-24-16-20-15-23(30(20,2)3)31(24,4)42-32)35-27(37)22-14-19(13-9-12-18-10-7-6-8-11-18)26-33-17-21(34-29(39)40)28(38)36(22)26/h6-8,10-11,17,19-20,22-25,34H,5,9,12-16H2,1-4H3,(H,35,37)(H,39,40)/t19?,20?,22-,23-,24+,25-,31-/m0/s1. The Labute approximate surface area is 246 Å². The Balaban J connectivity index is 1.19. The van der Waals surface area contributed by atoms with E-state index in [4.69, 9.17) is 9.31 Å². The quantitative estimate of drug-likeness (QED) is 0.374. The molecule has 4 fully saturated rings. The maximum atomic E-state index is 13.9. The van der Waals surface area contributed by atoms with Crippen molar-refractivity contribution in [3.63, 3.8) is 0 Å². The Morgan fingerprint density at radius 2 is 1.95 bits per heavy atom. The van der Waals surface area contributed by atoms with Crippen LogP contribution in [0.15, 0.2) is 41.3 Å². The van der Waals surface area contributed by atoms with Crippen LogP contribution >= 0.6 is 0 Å². The number of carboxylic acid groups (broad SMARTS) is 1. The van der Waals surface area contributed by atoms with Gasteiger partial charge in [0.1, 0.15) is 17.6 Å². The van der Waals surface area contributed by atoms with Gasteiger partial charge in [0.2, 0.25) is 5.91 Å². The second kappa shape index (κ2) is 10.8. The minimum absolute atomic E-state index is 0.00268. The van der Waals surface area contributed by atoms with Crippen molar-refractivity contribution >= 4 is 24.8 Å². The van der Waals surface area contributed by atoms with E-state index in [-0.39, 0.29) is 40.6 Å². The smallest absolute Gasteiger partial charge is 0.465 e. The largest absolute Gasteiger partial charge is 0.481 e. The summed E-state index contributed by atoms with van der Waals surface area (Å²) in [5, 5.41) is 14.5. The third-order valence-corrected chi connectivity index (χ3v) is 10.7. The van der Waals surface area contributed by atoms with Crippen molar-refractivity contribution in [2.45, 2.75) is 102 Å². The molecular formula is C31H41BN4O6. The summed E-state index contributed by atoms with van der Waals surface area (Å²) in [5.41, 5.74) is 0.335. The molecule has 42 heavy (non-hydrogen) atoms. The first kappa shape index (κ1) is 28.9. The molecule has 2 aliphatic heterocycles. The number of anilines is 1. The van der Waals surface area contributed by atoms with Gasteiger partial charge in [-0.2, -0.15) is 0 Å². The summed E-state index contributed by atoms with van der Waals surface area (Å²) < 4.78 is 14.5. The van der Waals surface area contributed by atoms with E-state index in [2.05, 4.69) is 48.5 Å². The molecule has 1 aromatic heterocycles. The Bertz CT molecular complexity index is 1420. The van der Waals surface area contributed by atoms with Crippen molar-refractivity contribution in [2.24, 2.45) is 17.3 Å². The topological polar surface area (TPSA) is 132 Å². The first-order chi connectivity index (χ1) is 20.0. The summed E-state index contributed by atoms with van der Waals surface area (Å²) in [4.78, 5) is 43.1. The molecule has 3 N–H and O–H groups in total. The maximum absolute atomic E-state index is 13.9. The molecule has 0 radical (unpaired) electrons. The van der Waals surface area contributed by atoms with E-state index in [0.717, 1.165) is 32.1 Å². The summed E-state index contributed by atoms with van der Waals surface area (Å²) in [5.74, 6) is 0.762. The minimum atomic E-state index is -1.36. The number of carbonyl (C=O) groups is 2. The number of fused-ring (bicyclic) bond motifs is 1. The molecule has 3 saturated carbocycles. The molecule has 3 aliphatic carbocycles. The average molecular weight is 577 g/mol. The molecule has 7 rings (SSSR count). The molecule has 7 atom stereocenters. The molecule has 1 aromatic carbocycles. The molecule has 3 heterocycles. The van der Waals surface area contributed by atoms with Gasteiger partial charge in [0.25, 0.3) is 5.56 Å². The van der Waals surface area contributed by atoms with Crippen LogP contribution in [0.25, 0.3) is 0 Å². The fraction of sp³-hybridized carbons (Fsp3) is 0.613. The van der Waals surface area contributed by atoms with Crippen LogP contribution in [0.5, 0.6) is 0 Å². The summed E-state index contributed by atoms with van der Waals surface area (Å²) >= 11 is 0. The van der Waals surface area contributed by atoms with E-state index in [0.29, 0.717) is 30.5 Å². The fourth-order valence-corrected chi connectivity index (χ4v) is 8.15. The number of hydrogen-bond donors (Lipinski definition) is 3. The van der Waals surface area contributed by atoms with E-state index in [1.165, 1.54) is 16.3 Å². The minimum Gasteiger partial charge on any atom is -0.465 e. The molecule has 2 amide bonds. The van der Waals surface area contributed by atoms with Gasteiger partial charge < -0.3 is 19.7 Å². The van der Waals surface area contributed by atoms with Gasteiger partial charge in [0.15, 0.2) is 0 Å². The summed E-state index contributed by atoms with van der Waals surface area (Å²) in [6, 6.07) is 9.38. The lowest BCUT2D eigenvalue weighted by Gasteiger charge is -2.64. The van der Waals surface area contributed by atoms with Crippen molar-refractivity contribution in [1.29, 1.82) is 0 Å². The molecule has 2 unspecified atom stereocenters. The number of aryl methyl sites for hydroxylation is 1. The van der Waals surface area contributed by atoms with E-state index in [9.17, 15) is 19.5 Å². The highest BCUT2D eigenvalue weighted by molar-refractivity contribution is 6.47. The van der Waals surface area contributed by atoms with E-state index in [1.54, 1.807) is 0 Å². The van der Waals surface area contributed by atoms with Crippen LogP contribution in [0.2, 0.25) is 0 Å². The number of hydrogen-bond acceptors (Lipinski definition) is 6. The highest BCUT2D eigenvalue weighted by Crippen LogP contribution is 2.65. The SMILES string of the molecule is CC[C@H](NC(=O)[C@@H]1CC(CCCc2ccccc2)c2ncc(NC(=O)O)c(=O)n21)B1O[C@@H]2CC3C[C@@H](C3(C)C)[C@]2(C)O1. The Hall–Kier alpha value is -3.18. The molecule has 224 valence electrons. The zero-order valence-electron chi connectivity index (χ0n) is 24.8. The molecule has 2 aromatic rings. The highest BCUT2D eigenvalue weighted by Gasteiger charge is 2.68. The molecule has 5 aliphatic rings. The highest BCUT2D eigenvalue weighted by atomic mass is 16.7. The molecule has 10 nitrogen and oxygen atoms in total. The molecule has 11 heteroatoms. The maximum Gasteiger partial charge on any atom is 0.481 e. The van der Waals surface area contributed by atoms with Crippen LogP contribution in [0, 0.1) is 17.3 Å². The van der Waals surface area contributed by atoms with Gasteiger partial charge in [-0.3, -0.25) is 19.5 Å². The van der Waals surface area contributed by atoms with Gasteiger partial charge in [0, 0.05) is 5.92 Å². The number of nitrogens with zero attached hydrogens (tertiary/aromatic N) is 2. The van der Waals surface area contributed by atoms with Gasteiger partial charge in [-0.1, -0.05) is 51.1 Å². The van der Waals surface area contributed by atoms with Crippen LogP contribution in [0.3, 0.4) is 0 Å². The fourth-order valence-electron chi connectivity index (χ4n) is 8.15. The van der Waals surface area contributed by atoms with Gasteiger partial charge in [-0.25, -0.2) is 9.78 Å². The number of rotatable bonds is 9. The van der Waals surface area contributed by atoms with Crippen molar-refractivity contribution in [3.05, 3.63) is 58.3 Å². The van der Waals surface area contributed by atoms with E-state index < -0.39 is 24.8 Å². The van der Waals surface area contributed by atoms with Crippen LogP contribution in [0.4, 0.5) is 10.5 Å². The average Bonchev–Trinajstić information content (AvgIpc) is 3.51. The van der Waals surface area contributed by atoms with Crippen LogP contribution in [-0.4, -0.2) is 51.4 Å². The van der Waals surface area contributed by atoms with Crippen LogP contribution in [0.1, 0.15) is 89.6 Å². The van der Waals surface area contributed by atoms with E-state index >= 15 is 0 Å². The van der Waals surface area contributed by atoms with Gasteiger partial charge in [-0.05, 0) is 74.7 Å². The van der Waals surface area contributed by atoms with Crippen molar-refractivity contribution in [1.82, 2.24) is 14.9 Å². The molecule has 1 saturated heterocycles. The van der Waals surface area contributed by atoms with E-state index in [1.807, 2.05) is 25.1 Å². The lowest BCUT2D eigenvalue weighted by molar-refractivity contribution is -0.199. The zero-order chi connectivity index (χ0) is 29.8. The predicted octanol–water partition coefficient (Wildman–Crippen LogP) is 4.55. The Morgan fingerprint density at radius 3 is 2.64 bits per heavy atom. The second-order valence-corrected chi connectivity index (χ2v) is 13.3. The molecule has 2 bridgehead atoms. The number of aromatic nitrogens is 2. The van der Waals surface area contributed by atoms with Gasteiger partial charge in [-0.15, -0.1) is 0 Å². The van der Waals surface area contributed by atoms with Crippen molar-refractivity contribution in [2.75, 3.05) is 5.32 Å². The first-order valence-electron chi connectivity index (χ1n) is 15.3. The third-order valence-electron chi connectivity index (χ3n) is 10.7.